The third-order valence-corrected chi connectivity index (χ3v) is 3.91. The molecule has 0 saturated carbocycles. The molecule has 2 aromatic rings. The van der Waals surface area contributed by atoms with Crippen molar-refractivity contribution in [3.8, 4) is 0 Å². The van der Waals surface area contributed by atoms with Crippen LogP contribution in [0.3, 0.4) is 0 Å². The van der Waals surface area contributed by atoms with E-state index in [-0.39, 0.29) is 11.8 Å². The van der Waals surface area contributed by atoms with Gasteiger partial charge in [0.1, 0.15) is 6.26 Å². The largest absolute Gasteiger partial charge is 0.459 e. The normalized spacial score (nSPS) is 15.0. The molecule has 7 heteroatoms. The summed E-state index contributed by atoms with van der Waals surface area (Å²) in [6.45, 7) is 3.91. The van der Waals surface area contributed by atoms with Crippen LogP contribution < -0.4 is 0 Å². The van der Waals surface area contributed by atoms with Crippen LogP contribution >= 0.6 is 0 Å². The smallest absolute Gasteiger partial charge is 0.289 e. The van der Waals surface area contributed by atoms with Gasteiger partial charge in [0.25, 0.3) is 5.91 Å². The number of nitrogens with zero attached hydrogens (tertiary/aromatic N) is 3. The van der Waals surface area contributed by atoms with Crippen molar-refractivity contribution in [2.24, 2.45) is 0 Å². The van der Waals surface area contributed by atoms with E-state index in [1.54, 1.807) is 35.1 Å². The number of carbonyl (C=O) groups excluding carboxylic acids is 2. The van der Waals surface area contributed by atoms with Gasteiger partial charge in [-0.05, 0) is 12.1 Å². The van der Waals surface area contributed by atoms with Crippen LogP contribution in [0, 0.1) is 6.92 Å². The molecule has 2 aromatic heterocycles. The first-order valence-electron chi connectivity index (χ1n) is 7.65. The number of aryl methyl sites for hydroxylation is 2. The Hall–Kier alpha value is -2.57. The van der Waals surface area contributed by atoms with Crippen molar-refractivity contribution in [1.29, 1.82) is 0 Å². The van der Waals surface area contributed by atoms with Gasteiger partial charge in [0.15, 0.2) is 11.7 Å². The number of amides is 2. The fourth-order valence-corrected chi connectivity index (χ4v) is 2.63. The summed E-state index contributed by atoms with van der Waals surface area (Å²) in [5.74, 6) is 0.902. The average molecular weight is 317 g/mol. The number of aromatic nitrogens is 1. The van der Waals surface area contributed by atoms with E-state index in [2.05, 4.69) is 4.98 Å². The van der Waals surface area contributed by atoms with Crippen molar-refractivity contribution in [2.45, 2.75) is 19.8 Å². The molecule has 0 atom stereocenters. The van der Waals surface area contributed by atoms with E-state index in [1.165, 1.54) is 6.26 Å². The van der Waals surface area contributed by atoms with E-state index in [0.29, 0.717) is 50.7 Å². The summed E-state index contributed by atoms with van der Waals surface area (Å²) < 4.78 is 10.3. The van der Waals surface area contributed by atoms with Crippen molar-refractivity contribution in [1.82, 2.24) is 14.8 Å². The molecule has 2 amide bonds. The van der Waals surface area contributed by atoms with Crippen molar-refractivity contribution in [2.75, 3.05) is 26.2 Å². The Morgan fingerprint density at radius 2 is 1.91 bits per heavy atom. The number of hydrogen-bond donors (Lipinski definition) is 0. The number of hydrogen-bond acceptors (Lipinski definition) is 5. The SMILES string of the molecule is Cc1nc(CCC(=O)N2CCN(C(=O)c3ccco3)CC2)co1. The lowest BCUT2D eigenvalue weighted by molar-refractivity contribution is -0.132. The summed E-state index contributed by atoms with van der Waals surface area (Å²) in [5, 5.41) is 0. The van der Waals surface area contributed by atoms with E-state index in [0.717, 1.165) is 5.69 Å². The maximum atomic E-state index is 12.2. The van der Waals surface area contributed by atoms with Crippen LogP contribution in [0.15, 0.2) is 33.5 Å². The number of piperazine rings is 1. The summed E-state index contributed by atoms with van der Waals surface area (Å²) in [4.78, 5) is 32.1. The zero-order valence-electron chi connectivity index (χ0n) is 13.0. The van der Waals surface area contributed by atoms with Crippen LogP contribution in [-0.2, 0) is 11.2 Å². The summed E-state index contributed by atoms with van der Waals surface area (Å²) in [5.41, 5.74) is 0.794. The summed E-state index contributed by atoms with van der Waals surface area (Å²) in [7, 11) is 0. The second-order valence-electron chi connectivity index (χ2n) is 5.51. The molecule has 1 fully saturated rings. The highest BCUT2D eigenvalue weighted by Gasteiger charge is 2.25. The lowest BCUT2D eigenvalue weighted by Crippen LogP contribution is -2.50. The maximum Gasteiger partial charge on any atom is 0.289 e. The molecule has 1 aliphatic rings. The van der Waals surface area contributed by atoms with E-state index in [9.17, 15) is 9.59 Å². The first-order valence-corrected chi connectivity index (χ1v) is 7.65. The van der Waals surface area contributed by atoms with Gasteiger partial charge in [-0.1, -0.05) is 0 Å². The molecule has 23 heavy (non-hydrogen) atoms. The number of rotatable bonds is 4. The Morgan fingerprint density at radius 1 is 1.17 bits per heavy atom. The highest BCUT2D eigenvalue weighted by atomic mass is 16.3. The molecule has 3 rings (SSSR count). The molecule has 0 spiro atoms. The van der Waals surface area contributed by atoms with Crippen LogP contribution in [-0.4, -0.2) is 52.8 Å². The first-order chi connectivity index (χ1) is 11.1. The summed E-state index contributed by atoms with van der Waals surface area (Å²) in [6, 6.07) is 3.35. The van der Waals surface area contributed by atoms with Crippen LogP contribution in [0.1, 0.15) is 28.6 Å². The number of furan rings is 1. The van der Waals surface area contributed by atoms with Crippen LogP contribution in [0.5, 0.6) is 0 Å². The summed E-state index contributed by atoms with van der Waals surface area (Å²) >= 11 is 0. The van der Waals surface area contributed by atoms with Gasteiger partial charge in [0.05, 0.1) is 12.0 Å². The highest BCUT2D eigenvalue weighted by Crippen LogP contribution is 2.11. The predicted octanol–water partition coefficient (Wildman–Crippen LogP) is 1.49. The predicted molar refractivity (Wildman–Crippen MR) is 80.8 cm³/mol. The second-order valence-corrected chi connectivity index (χ2v) is 5.51. The minimum absolute atomic E-state index is 0.0794. The first kappa shape index (κ1) is 15.3. The fraction of sp³-hybridized carbons (Fsp3) is 0.438. The average Bonchev–Trinajstić information content (AvgIpc) is 3.24. The van der Waals surface area contributed by atoms with Crippen LogP contribution in [0.4, 0.5) is 0 Å². The molecule has 0 bridgehead atoms. The van der Waals surface area contributed by atoms with Crippen molar-refractivity contribution >= 4 is 11.8 Å². The van der Waals surface area contributed by atoms with Gasteiger partial charge in [-0.25, -0.2) is 4.98 Å². The quantitative estimate of drug-likeness (QED) is 0.853. The Balaban J connectivity index is 1.46. The molecule has 0 aliphatic carbocycles. The Kier molecular flexibility index (Phi) is 4.45. The van der Waals surface area contributed by atoms with Crippen LogP contribution in [0.25, 0.3) is 0 Å². The Morgan fingerprint density at radius 3 is 2.52 bits per heavy atom. The third-order valence-electron chi connectivity index (χ3n) is 3.91. The van der Waals surface area contributed by atoms with E-state index in [1.807, 2.05) is 0 Å². The molecule has 0 N–H and O–H groups in total. The molecule has 1 saturated heterocycles. The van der Waals surface area contributed by atoms with Crippen molar-refractivity contribution in [3.05, 3.63) is 42.0 Å². The van der Waals surface area contributed by atoms with Gasteiger partial charge < -0.3 is 18.6 Å². The lowest BCUT2D eigenvalue weighted by atomic mass is 10.2. The molecule has 122 valence electrons. The van der Waals surface area contributed by atoms with Gasteiger partial charge in [-0.3, -0.25) is 9.59 Å². The van der Waals surface area contributed by atoms with E-state index < -0.39 is 0 Å². The topological polar surface area (TPSA) is 79.8 Å². The zero-order valence-corrected chi connectivity index (χ0v) is 13.0. The van der Waals surface area contributed by atoms with Gasteiger partial charge in [-0.2, -0.15) is 0 Å². The molecule has 0 aromatic carbocycles. The van der Waals surface area contributed by atoms with Crippen molar-refractivity contribution < 1.29 is 18.4 Å². The molecule has 0 unspecified atom stereocenters. The minimum atomic E-state index is -0.125. The monoisotopic (exact) mass is 317 g/mol. The minimum Gasteiger partial charge on any atom is -0.459 e. The van der Waals surface area contributed by atoms with Gasteiger partial charge in [0, 0.05) is 45.9 Å². The van der Waals surface area contributed by atoms with E-state index >= 15 is 0 Å². The Labute approximate surface area is 133 Å². The van der Waals surface area contributed by atoms with Crippen LogP contribution in [0.2, 0.25) is 0 Å². The fourth-order valence-electron chi connectivity index (χ4n) is 2.63. The van der Waals surface area contributed by atoms with Gasteiger partial charge >= 0.3 is 0 Å². The van der Waals surface area contributed by atoms with Gasteiger partial charge in [-0.15, -0.1) is 0 Å². The summed E-state index contributed by atoms with van der Waals surface area (Å²) in [6.07, 6.45) is 4.04. The maximum absolute atomic E-state index is 12.2. The Bertz CT molecular complexity index is 669. The standard InChI is InChI=1S/C16H19N3O4/c1-12-17-13(11-23-12)4-5-15(20)18-6-8-19(9-7-18)16(21)14-3-2-10-22-14/h2-3,10-11H,4-9H2,1H3. The highest BCUT2D eigenvalue weighted by molar-refractivity contribution is 5.91. The molecular formula is C16H19N3O4. The van der Waals surface area contributed by atoms with Crippen molar-refractivity contribution in [3.63, 3.8) is 0 Å². The molecule has 7 nitrogen and oxygen atoms in total. The molecular weight excluding hydrogens is 298 g/mol. The second kappa shape index (κ2) is 6.68. The van der Waals surface area contributed by atoms with Gasteiger partial charge in [0.2, 0.25) is 5.91 Å². The lowest BCUT2D eigenvalue weighted by Gasteiger charge is -2.34. The molecule has 0 radical (unpaired) electrons. The van der Waals surface area contributed by atoms with E-state index in [4.69, 9.17) is 8.83 Å². The molecule has 1 aliphatic heterocycles. The number of carbonyl (C=O) groups is 2. The molecule has 3 heterocycles. The third kappa shape index (κ3) is 3.61. The zero-order chi connectivity index (χ0) is 16.2. The number of oxazole rings is 1.